The molecule has 0 aliphatic carbocycles. The molecule has 2 amide bonds. The Bertz CT molecular complexity index is 768. The molecule has 2 rings (SSSR count). The van der Waals surface area contributed by atoms with Crippen LogP contribution in [0.5, 0.6) is 0 Å². The Morgan fingerprint density at radius 2 is 1.87 bits per heavy atom. The Morgan fingerprint density at radius 3 is 2.52 bits per heavy atom. The fraction of sp³-hybridized carbons (Fsp3) is 0.0667. The maximum atomic E-state index is 13.5. The van der Waals surface area contributed by atoms with Crippen molar-refractivity contribution in [1.82, 2.24) is 0 Å². The highest BCUT2D eigenvalue weighted by Crippen LogP contribution is 2.21. The van der Waals surface area contributed by atoms with Gasteiger partial charge in [0, 0.05) is 10.7 Å². The number of nitrogens with one attached hydrogen (secondary N) is 2. The van der Waals surface area contributed by atoms with Crippen molar-refractivity contribution in [1.29, 1.82) is 0 Å². The van der Waals surface area contributed by atoms with Gasteiger partial charge in [-0.15, -0.1) is 0 Å². The highest BCUT2D eigenvalue weighted by molar-refractivity contribution is 6.34. The third-order valence-corrected chi connectivity index (χ3v) is 3.44. The van der Waals surface area contributed by atoms with Gasteiger partial charge in [-0.05, 0) is 36.4 Å². The van der Waals surface area contributed by atoms with Crippen LogP contribution in [0.1, 0.15) is 10.4 Å². The van der Waals surface area contributed by atoms with Crippen molar-refractivity contribution in [2.45, 2.75) is 0 Å². The van der Waals surface area contributed by atoms with Gasteiger partial charge in [0.2, 0.25) is 11.8 Å². The highest BCUT2D eigenvalue weighted by atomic mass is 35.5. The number of anilines is 2. The van der Waals surface area contributed by atoms with E-state index in [0.717, 1.165) is 6.07 Å². The molecule has 4 N–H and O–H groups in total. The first kappa shape index (κ1) is 17.1. The molecular formula is C15H12Cl2FN3O2. The van der Waals surface area contributed by atoms with Crippen molar-refractivity contribution in [3.8, 4) is 0 Å². The van der Waals surface area contributed by atoms with Crippen LogP contribution in [0.4, 0.5) is 15.8 Å². The first-order valence-electron chi connectivity index (χ1n) is 6.45. The normalized spacial score (nSPS) is 10.2. The fourth-order valence-corrected chi connectivity index (χ4v) is 2.24. The minimum absolute atomic E-state index is 0.00795. The summed E-state index contributed by atoms with van der Waals surface area (Å²) in [6.07, 6.45) is 0. The van der Waals surface area contributed by atoms with Crippen molar-refractivity contribution >= 4 is 46.4 Å². The molecular weight excluding hydrogens is 344 g/mol. The summed E-state index contributed by atoms with van der Waals surface area (Å²) in [5.74, 6) is -1.70. The number of benzene rings is 2. The molecule has 0 aromatic heterocycles. The minimum atomic E-state index is -0.643. The Hall–Kier alpha value is -2.31. The Labute approximate surface area is 141 Å². The molecule has 0 saturated carbocycles. The van der Waals surface area contributed by atoms with E-state index < -0.39 is 17.6 Å². The van der Waals surface area contributed by atoms with Gasteiger partial charge in [0.25, 0.3) is 0 Å². The first-order valence-corrected chi connectivity index (χ1v) is 7.20. The average molecular weight is 356 g/mol. The molecule has 0 fully saturated rings. The molecule has 0 atom stereocenters. The van der Waals surface area contributed by atoms with E-state index in [1.165, 1.54) is 24.3 Å². The molecule has 0 saturated heterocycles. The van der Waals surface area contributed by atoms with Gasteiger partial charge in [-0.2, -0.15) is 0 Å². The number of nitrogens with two attached hydrogens (primary N) is 1. The SMILES string of the molecule is NC(=O)c1ccc(NCC(=O)Nc2cc(Cl)ccc2F)cc1Cl. The van der Waals surface area contributed by atoms with Crippen molar-refractivity contribution in [3.05, 3.63) is 57.8 Å². The maximum absolute atomic E-state index is 13.5. The van der Waals surface area contributed by atoms with Crippen LogP contribution in [-0.2, 0) is 4.79 Å². The predicted molar refractivity (Wildman–Crippen MR) is 88.5 cm³/mol. The summed E-state index contributed by atoms with van der Waals surface area (Å²) in [4.78, 5) is 22.9. The smallest absolute Gasteiger partial charge is 0.250 e. The van der Waals surface area contributed by atoms with Gasteiger partial charge in [-0.1, -0.05) is 23.2 Å². The lowest BCUT2D eigenvalue weighted by Crippen LogP contribution is -2.22. The van der Waals surface area contributed by atoms with E-state index in [4.69, 9.17) is 28.9 Å². The Kier molecular flexibility index (Phi) is 5.41. The summed E-state index contributed by atoms with van der Waals surface area (Å²) in [6.45, 7) is -0.127. The standard InChI is InChI=1S/C15H12Cl2FN3O2/c16-8-1-4-12(18)13(5-8)21-14(22)7-20-9-2-3-10(15(19)23)11(17)6-9/h1-6,20H,7H2,(H2,19,23)(H,21,22). The highest BCUT2D eigenvalue weighted by Gasteiger charge is 2.10. The molecule has 5 nitrogen and oxygen atoms in total. The lowest BCUT2D eigenvalue weighted by molar-refractivity contribution is -0.114. The molecule has 2 aromatic carbocycles. The summed E-state index contributed by atoms with van der Waals surface area (Å²) in [7, 11) is 0. The molecule has 0 heterocycles. The van der Waals surface area contributed by atoms with E-state index >= 15 is 0 Å². The second-order valence-electron chi connectivity index (χ2n) is 4.58. The second-order valence-corrected chi connectivity index (χ2v) is 5.43. The number of halogens is 3. The van der Waals surface area contributed by atoms with Crippen LogP contribution < -0.4 is 16.4 Å². The van der Waals surface area contributed by atoms with Crippen LogP contribution in [0.3, 0.4) is 0 Å². The summed E-state index contributed by atoms with van der Waals surface area (Å²) in [5, 5.41) is 5.68. The van der Waals surface area contributed by atoms with Gasteiger partial charge in [0.15, 0.2) is 0 Å². The number of hydrogen-bond donors (Lipinski definition) is 3. The van der Waals surface area contributed by atoms with Crippen LogP contribution in [0, 0.1) is 5.82 Å². The third-order valence-electron chi connectivity index (χ3n) is 2.89. The zero-order valence-electron chi connectivity index (χ0n) is 11.7. The van der Waals surface area contributed by atoms with Crippen molar-refractivity contribution < 1.29 is 14.0 Å². The van der Waals surface area contributed by atoms with E-state index in [1.54, 1.807) is 6.07 Å². The van der Waals surface area contributed by atoms with Crippen molar-refractivity contribution in [3.63, 3.8) is 0 Å². The summed E-state index contributed by atoms with van der Waals surface area (Å²) < 4.78 is 13.5. The molecule has 0 spiro atoms. The molecule has 2 aromatic rings. The van der Waals surface area contributed by atoms with Gasteiger partial charge in [-0.3, -0.25) is 9.59 Å². The molecule has 0 radical (unpaired) electrons. The Balaban J connectivity index is 1.98. The largest absolute Gasteiger partial charge is 0.376 e. The number of carbonyl (C=O) groups is 2. The molecule has 0 aliphatic heterocycles. The number of hydrogen-bond acceptors (Lipinski definition) is 3. The number of amides is 2. The number of rotatable bonds is 5. The summed E-state index contributed by atoms with van der Waals surface area (Å²) in [6, 6.07) is 8.32. The van der Waals surface area contributed by atoms with E-state index in [-0.39, 0.29) is 22.8 Å². The van der Waals surface area contributed by atoms with Gasteiger partial charge in [0.1, 0.15) is 5.82 Å². The second kappa shape index (κ2) is 7.30. The predicted octanol–water partition coefficient (Wildman–Crippen LogP) is 3.28. The van der Waals surface area contributed by atoms with Gasteiger partial charge < -0.3 is 16.4 Å². The molecule has 0 aliphatic rings. The lowest BCUT2D eigenvalue weighted by atomic mass is 10.2. The van der Waals surface area contributed by atoms with Crippen LogP contribution in [0.2, 0.25) is 10.0 Å². The molecule has 8 heteroatoms. The Morgan fingerprint density at radius 1 is 1.13 bits per heavy atom. The van der Waals surface area contributed by atoms with Crippen molar-refractivity contribution in [2.24, 2.45) is 5.73 Å². The van der Waals surface area contributed by atoms with Crippen molar-refractivity contribution in [2.75, 3.05) is 17.2 Å². The van der Waals surface area contributed by atoms with Crippen LogP contribution in [0.15, 0.2) is 36.4 Å². The van der Waals surface area contributed by atoms with Crippen LogP contribution in [0.25, 0.3) is 0 Å². The van der Waals surface area contributed by atoms with E-state index in [2.05, 4.69) is 10.6 Å². The number of primary amides is 1. The third kappa shape index (κ3) is 4.58. The summed E-state index contributed by atoms with van der Waals surface area (Å²) in [5.41, 5.74) is 5.84. The average Bonchev–Trinajstić information content (AvgIpc) is 2.48. The first-order chi connectivity index (χ1) is 10.9. The van der Waals surface area contributed by atoms with E-state index in [9.17, 15) is 14.0 Å². The zero-order valence-corrected chi connectivity index (χ0v) is 13.2. The molecule has 0 bridgehead atoms. The minimum Gasteiger partial charge on any atom is -0.376 e. The lowest BCUT2D eigenvalue weighted by Gasteiger charge is -2.10. The molecule has 0 unspecified atom stereocenters. The summed E-state index contributed by atoms with van der Waals surface area (Å²) >= 11 is 11.6. The van der Waals surface area contributed by atoms with Crippen LogP contribution in [-0.4, -0.2) is 18.4 Å². The van der Waals surface area contributed by atoms with Gasteiger partial charge in [-0.25, -0.2) is 4.39 Å². The molecule has 23 heavy (non-hydrogen) atoms. The topological polar surface area (TPSA) is 84.2 Å². The fourth-order valence-electron chi connectivity index (χ4n) is 1.79. The van der Waals surface area contributed by atoms with Gasteiger partial charge >= 0.3 is 0 Å². The zero-order chi connectivity index (χ0) is 17.0. The molecule has 120 valence electrons. The van der Waals surface area contributed by atoms with E-state index in [1.807, 2.05) is 0 Å². The van der Waals surface area contributed by atoms with Crippen LogP contribution >= 0.6 is 23.2 Å². The monoisotopic (exact) mass is 355 g/mol. The van der Waals surface area contributed by atoms with Gasteiger partial charge in [0.05, 0.1) is 22.8 Å². The maximum Gasteiger partial charge on any atom is 0.250 e. The quantitative estimate of drug-likeness (QED) is 0.769. The van der Waals surface area contributed by atoms with E-state index in [0.29, 0.717) is 10.7 Å². The number of carbonyl (C=O) groups excluding carboxylic acids is 2.